The molecule has 0 fully saturated rings. The fourth-order valence-corrected chi connectivity index (χ4v) is 5.13. The molecule has 4 aromatic rings. The maximum Gasteiger partial charge on any atom is 0.220 e. The van der Waals surface area contributed by atoms with Crippen LogP contribution < -0.4 is 14.8 Å². The maximum atomic E-state index is 12.8. The van der Waals surface area contributed by atoms with Gasteiger partial charge in [0.05, 0.1) is 25.6 Å². The Labute approximate surface area is 216 Å². The van der Waals surface area contributed by atoms with Gasteiger partial charge in [0.15, 0.2) is 0 Å². The van der Waals surface area contributed by atoms with Crippen LogP contribution in [0.5, 0.6) is 11.5 Å². The van der Waals surface area contributed by atoms with Crippen molar-refractivity contribution in [1.82, 2.24) is 9.88 Å². The highest BCUT2D eigenvalue weighted by atomic mass is 35.5. The number of hydrogen-bond donors (Lipinski definition) is 1. The fraction of sp³-hybridized carbons (Fsp3) is 0.233. The molecular formula is C30H29ClN2O3. The number of carbonyl (C=O) groups excluding carboxylic acids is 1. The molecule has 0 atom stereocenters. The molecule has 0 aliphatic heterocycles. The minimum atomic E-state index is 0.00400. The number of amides is 1. The van der Waals surface area contributed by atoms with Gasteiger partial charge in [0, 0.05) is 47.4 Å². The van der Waals surface area contributed by atoms with Gasteiger partial charge in [-0.2, -0.15) is 0 Å². The van der Waals surface area contributed by atoms with Crippen molar-refractivity contribution >= 4 is 17.5 Å². The standard InChI is InChI=1S/C30H29ClN2O3/c1-35-26-16-25(17-27(18-26)36-2)33-24(12-13-29(34)32-19-20-6-5-8-23(31)14-20)15-22-11-10-21-7-3-4-9-28(21)30(22)33/h3-9,14-18H,10-13,19H2,1-2H3,(H,32,34). The van der Waals surface area contributed by atoms with Gasteiger partial charge >= 0.3 is 0 Å². The van der Waals surface area contributed by atoms with E-state index >= 15 is 0 Å². The van der Waals surface area contributed by atoms with Crippen molar-refractivity contribution in [3.05, 3.63) is 100 Å². The molecule has 1 aromatic heterocycles. The Morgan fingerprint density at radius 3 is 2.42 bits per heavy atom. The zero-order valence-electron chi connectivity index (χ0n) is 20.5. The summed E-state index contributed by atoms with van der Waals surface area (Å²) in [5, 5.41) is 3.69. The number of halogens is 1. The second kappa shape index (κ2) is 10.5. The van der Waals surface area contributed by atoms with Gasteiger partial charge in [-0.1, -0.05) is 48.0 Å². The van der Waals surface area contributed by atoms with Crippen molar-refractivity contribution in [2.45, 2.75) is 32.2 Å². The SMILES string of the molecule is COc1cc(OC)cc(-n2c(CCC(=O)NCc3cccc(Cl)c3)cc3c2-c2ccccc2CC3)c1. The highest BCUT2D eigenvalue weighted by molar-refractivity contribution is 6.30. The maximum absolute atomic E-state index is 12.8. The topological polar surface area (TPSA) is 52.5 Å². The molecule has 6 heteroatoms. The van der Waals surface area contributed by atoms with Crippen LogP contribution in [0.4, 0.5) is 0 Å². The predicted octanol–water partition coefficient (Wildman–Crippen LogP) is 6.16. The highest BCUT2D eigenvalue weighted by Gasteiger charge is 2.24. The van der Waals surface area contributed by atoms with Crippen molar-refractivity contribution in [2.24, 2.45) is 0 Å². The number of aryl methyl sites for hydroxylation is 3. The Morgan fingerprint density at radius 2 is 1.67 bits per heavy atom. The lowest BCUT2D eigenvalue weighted by Crippen LogP contribution is -2.23. The van der Waals surface area contributed by atoms with Gasteiger partial charge in [0.1, 0.15) is 11.5 Å². The van der Waals surface area contributed by atoms with Crippen molar-refractivity contribution in [3.63, 3.8) is 0 Å². The molecule has 36 heavy (non-hydrogen) atoms. The average Bonchev–Trinajstić information content (AvgIpc) is 3.29. The molecule has 1 aliphatic rings. The molecule has 1 aliphatic carbocycles. The Hall–Kier alpha value is -3.70. The molecule has 0 saturated carbocycles. The molecule has 1 heterocycles. The first-order valence-electron chi connectivity index (χ1n) is 12.1. The first-order chi connectivity index (χ1) is 17.6. The largest absolute Gasteiger partial charge is 0.497 e. The number of nitrogens with one attached hydrogen (secondary N) is 1. The monoisotopic (exact) mass is 500 g/mol. The summed E-state index contributed by atoms with van der Waals surface area (Å²) in [6.07, 6.45) is 2.96. The molecule has 0 unspecified atom stereocenters. The van der Waals surface area contributed by atoms with E-state index in [1.807, 2.05) is 42.5 Å². The van der Waals surface area contributed by atoms with Crippen LogP contribution in [0.2, 0.25) is 5.02 Å². The number of carbonyl (C=O) groups is 1. The minimum Gasteiger partial charge on any atom is -0.497 e. The van der Waals surface area contributed by atoms with Gasteiger partial charge in [0.2, 0.25) is 5.91 Å². The fourth-order valence-electron chi connectivity index (χ4n) is 4.92. The summed E-state index contributed by atoms with van der Waals surface area (Å²) >= 11 is 6.07. The molecule has 5 rings (SSSR count). The quantitative estimate of drug-likeness (QED) is 0.315. The number of ether oxygens (including phenoxy) is 2. The summed E-state index contributed by atoms with van der Waals surface area (Å²) in [6.45, 7) is 0.456. The number of rotatable bonds is 8. The Morgan fingerprint density at radius 1 is 0.917 bits per heavy atom. The number of nitrogens with zero attached hydrogens (tertiary/aromatic N) is 1. The minimum absolute atomic E-state index is 0.00400. The number of methoxy groups -OCH3 is 2. The van der Waals surface area contributed by atoms with Gasteiger partial charge in [0.25, 0.3) is 0 Å². The first kappa shape index (κ1) is 24.0. The number of aromatic nitrogens is 1. The lowest BCUT2D eigenvalue weighted by molar-refractivity contribution is -0.121. The Kier molecular flexibility index (Phi) is 7.01. The van der Waals surface area contributed by atoms with E-state index in [2.05, 4.69) is 40.2 Å². The van der Waals surface area contributed by atoms with Crippen molar-refractivity contribution < 1.29 is 14.3 Å². The molecule has 0 spiro atoms. The van der Waals surface area contributed by atoms with Crippen LogP contribution in [0.1, 0.15) is 28.8 Å². The summed E-state index contributed by atoms with van der Waals surface area (Å²) in [6, 6.07) is 24.3. The van der Waals surface area contributed by atoms with Crippen LogP contribution in [0.3, 0.4) is 0 Å². The van der Waals surface area contributed by atoms with Crippen LogP contribution in [0.25, 0.3) is 16.9 Å². The summed E-state index contributed by atoms with van der Waals surface area (Å²) in [5.74, 6) is 1.45. The van der Waals surface area contributed by atoms with Crippen LogP contribution in [-0.4, -0.2) is 24.7 Å². The molecular weight excluding hydrogens is 472 g/mol. The molecule has 184 valence electrons. The summed E-state index contributed by atoms with van der Waals surface area (Å²) < 4.78 is 13.4. The molecule has 3 aromatic carbocycles. The van der Waals surface area contributed by atoms with E-state index in [0.717, 1.165) is 41.3 Å². The van der Waals surface area contributed by atoms with E-state index in [-0.39, 0.29) is 5.91 Å². The van der Waals surface area contributed by atoms with E-state index in [4.69, 9.17) is 21.1 Å². The van der Waals surface area contributed by atoms with Crippen LogP contribution >= 0.6 is 11.6 Å². The van der Waals surface area contributed by atoms with E-state index in [0.29, 0.717) is 24.4 Å². The summed E-state index contributed by atoms with van der Waals surface area (Å²) in [5.41, 5.74) is 8.08. The third-order valence-electron chi connectivity index (χ3n) is 6.67. The normalized spacial score (nSPS) is 12.0. The van der Waals surface area contributed by atoms with Gasteiger partial charge < -0.3 is 19.4 Å². The lowest BCUT2D eigenvalue weighted by Gasteiger charge is -2.21. The third kappa shape index (κ3) is 4.98. The van der Waals surface area contributed by atoms with Gasteiger partial charge in [-0.05, 0) is 54.2 Å². The number of benzene rings is 3. The van der Waals surface area contributed by atoms with Crippen LogP contribution in [-0.2, 0) is 30.6 Å². The molecule has 0 radical (unpaired) electrons. The van der Waals surface area contributed by atoms with E-state index < -0.39 is 0 Å². The molecule has 0 bridgehead atoms. The smallest absolute Gasteiger partial charge is 0.220 e. The van der Waals surface area contributed by atoms with Crippen molar-refractivity contribution in [2.75, 3.05) is 14.2 Å². The van der Waals surface area contributed by atoms with Crippen molar-refractivity contribution in [3.8, 4) is 28.4 Å². The van der Waals surface area contributed by atoms with Crippen LogP contribution in [0, 0.1) is 0 Å². The Bertz CT molecular complexity index is 1390. The van der Waals surface area contributed by atoms with E-state index in [1.54, 1.807) is 14.2 Å². The van der Waals surface area contributed by atoms with Crippen LogP contribution in [0.15, 0.2) is 72.8 Å². The molecule has 5 nitrogen and oxygen atoms in total. The van der Waals surface area contributed by atoms with E-state index in [1.165, 1.54) is 22.4 Å². The molecule has 0 saturated heterocycles. The molecule has 1 amide bonds. The third-order valence-corrected chi connectivity index (χ3v) is 6.91. The number of fused-ring (bicyclic) bond motifs is 3. The van der Waals surface area contributed by atoms with Crippen molar-refractivity contribution in [1.29, 1.82) is 0 Å². The second-order valence-corrected chi connectivity index (χ2v) is 9.42. The molecule has 1 N–H and O–H groups in total. The zero-order chi connectivity index (χ0) is 25.1. The van der Waals surface area contributed by atoms with Gasteiger partial charge in [-0.15, -0.1) is 0 Å². The predicted molar refractivity (Wildman–Crippen MR) is 143 cm³/mol. The number of hydrogen-bond acceptors (Lipinski definition) is 3. The second-order valence-electron chi connectivity index (χ2n) is 8.98. The zero-order valence-corrected chi connectivity index (χ0v) is 21.3. The lowest BCUT2D eigenvalue weighted by atomic mass is 9.90. The summed E-state index contributed by atoms with van der Waals surface area (Å²) in [4.78, 5) is 12.8. The van der Waals surface area contributed by atoms with Gasteiger partial charge in [-0.25, -0.2) is 0 Å². The Balaban J connectivity index is 1.47. The average molecular weight is 501 g/mol. The first-order valence-corrected chi connectivity index (χ1v) is 12.5. The summed E-state index contributed by atoms with van der Waals surface area (Å²) in [7, 11) is 3.31. The van der Waals surface area contributed by atoms with E-state index in [9.17, 15) is 4.79 Å². The highest BCUT2D eigenvalue weighted by Crippen LogP contribution is 2.39. The van der Waals surface area contributed by atoms with Gasteiger partial charge in [-0.3, -0.25) is 4.79 Å².